The van der Waals surface area contributed by atoms with Gasteiger partial charge >= 0.3 is 0 Å². The SMILES string of the molecule is O=C(c1nn(-c2ccc(F)cc2)c2c1CC(NCc1c#cc(F)cc1)CC2)N1CCCCC1. The van der Waals surface area contributed by atoms with Gasteiger partial charge in [0.1, 0.15) is 5.82 Å². The molecule has 1 saturated heterocycles. The Kier molecular flexibility index (Phi) is 6.10. The summed E-state index contributed by atoms with van der Waals surface area (Å²) in [6, 6.07) is 14.8. The average Bonchev–Trinajstić information content (AvgIpc) is 3.23. The highest BCUT2D eigenvalue weighted by Crippen LogP contribution is 2.29. The molecular weight excluding hydrogens is 422 g/mol. The quantitative estimate of drug-likeness (QED) is 0.641. The lowest BCUT2D eigenvalue weighted by Gasteiger charge is -2.27. The maximum atomic E-state index is 13.5. The van der Waals surface area contributed by atoms with Crippen LogP contribution in [0.2, 0.25) is 0 Å². The van der Waals surface area contributed by atoms with Gasteiger partial charge in [0.25, 0.3) is 5.91 Å². The van der Waals surface area contributed by atoms with Gasteiger partial charge in [0, 0.05) is 42.5 Å². The van der Waals surface area contributed by atoms with Crippen LogP contribution >= 0.6 is 0 Å². The molecule has 1 atom stereocenters. The minimum absolute atomic E-state index is 0.0195. The van der Waals surface area contributed by atoms with Crippen molar-refractivity contribution in [3.05, 3.63) is 82.7 Å². The Morgan fingerprint density at radius 3 is 2.58 bits per heavy atom. The van der Waals surface area contributed by atoms with Gasteiger partial charge in [0.2, 0.25) is 0 Å². The Bertz CT molecular complexity index is 1120. The molecule has 1 aromatic heterocycles. The number of amides is 1. The predicted octanol–water partition coefficient (Wildman–Crippen LogP) is 4.02. The standard InChI is InChI=1S/C26H26F2N4O/c27-19-6-4-18(5-7-19)17-29-21-10-13-24-23(16-21)25(26(33)31-14-2-1-3-15-31)30-32(24)22-11-8-20(28)9-12-22/h4,6,8-9,11-12,21,29H,1-3,10,13-17H2. The lowest BCUT2D eigenvalue weighted by Crippen LogP contribution is -2.38. The number of fused-ring (bicyclic) bond motifs is 1. The first-order valence-electron chi connectivity index (χ1n) is 11.6. The Balaban J connectivity index is 1.42. The van der Waals surface area contributed by atoms with Crippen molar-refractivity contribution in [1.29, 1.82) is 0 Å². The summed E-state index contributed by atoms with van der Waals surface area (Å²) >= 11 is 0. The summed E-state index contributed by atoms with van der Waals surface area (Å²) in [6.07, 6.45) is 5.49. The van der Waals surface area contributed by atoms with Crippen LogP contribution in [0.5, 0.6) is 0 Å². The van der Waals surface area contributed by atoms with E-state index in [1.54, 1.807) is 18.2 Å². The number of likely N-dealkylation sites (tertiary alicyclic amines) is 1. The molecule has 5 nitrogen and oxygen atoms in total. The van der Waals surface area contributed by atoms with Gasteiger partial charge in [-0.15, -0.1) is 0 Å². The van der Waals surface area contributed by atoms with Crippen LogP contribution in [0.1, 0.15) is 53.0 Å². The molecule has 33 heavy (non-hydrogen) atoms. The molecule has 1 aliphatic heterocycles. The molecule has 5 rings (SSSR count). The summed E-state index contributed by atoms with van der Waals surface area (Å²) in [5, 5.41) is 8.27. The smallest absolute Gasteiger partial charge is 0.274 e. The third kappa shape index (κ3) is 4.62. The fraction of sp³-hybridized carbons (Fsp3) is 0.385. The molecule has 3 aromatic rings. The van der Waals surface area contributed by atoms with Gasteiger partial charge in [-0.3, -0.25) is 4.79 Å². The largest absolute Gasteiger partial charge is 0.337 e. The third-order valence-electron chi connectivity index (χ3n) is 6.54. The van der Waals surface area contributed by atoms with Gasteiger partial charge in [-0.1, -0.05) is 6.07 Å². The van der Waals surface area contributed by atoms with E-state index >= 15 is 0 Å². The summed E-state index contributed by atoms with van der Waals surface area (Å²) < 4.78 is 28.4. The minimum Gasteiger partial charge on any atom is -0.337 e. The van der Waals surface area contributed by atoms with E-state index in [1.807, 2.05) is 9.58 Å². The van der Waals surface area contributed by atoms with E-state index in [1.165, 1.54) is 18.2 Å². The summed E-state index contributed by atoms with van der Waals surface area (Å²) in [7, 11) is 0. The molecule has 2 heterocycles. The number of piperidine rings is 1. The summed E-state index contributed by atoms with van der Waals surface area (Å²) in [5.41, 5.74) is 4.08. The van der Waals surface area contributed by atoms with Crippen LogP contribution in [0.15, 0.2) is 36.4 Å². The molecular formula is C26H26F2N4O. The zero-order valence-electron chi connectivity index (χ0n) is 18.4. The van der Waals surface area contributed by atoms with Gasteiger partial charge in [0.15, 0.2) is 11.5 Å². The Morgan fingerprint density at radius 1 is 1.06 bits per heavy atom. The number of halogens is 2. The van der Waals surface area contributed by atoms with E-state index < -0.39 is 5.82 Å². The number of rotatable bonds is 5. The van der Waals surface area contributed by atoms with Crippen LogP contribution in [0, 0.1) is 23.8 Å². The van der Waals surface area contributed by atoms with E-state index in [2.05, 4.69) is 17.4 Å². The van der Waals surface area contributed by atoms with Crippen molar-refractivity contribution in [2.24, 2.45) is 0 Å². The van der Waals surface area contributed by atoms with Crippen molar-refractivity contribution in [3.63, 3.8) is 0 Å². The second-order valence-electron chi connectivity index (χ2n) is 8.79. The molecule has 1 amide bonds. The highest BCUT2D eigenvalue weighted by atomic mass is 19.1. The second-order valence-corrected chi connectivity index (χ2v) is 8.79. The molecule has 0 saturated carbocycles. The molecule has 7 heteroatoms. The highest BCUT2D eigenvalue weighted by molar-refractivity contribution is 5.94. The number of carbonyl (C=O) groups excluding carboxylic acids is 1. The fourth-order valence-corrected chi connectivity index (χ4v) is 4.76. The zero-order valence-corrected chi connectivity index (χ0v) is 18.4. The lowest BCUT2D eigenvalue weighted by atomic mass is 9.90. The van der Waals surface area contributed by atoms with E-state index in [0.717, 1.165) is 67.7 Å². The van der Waals surface area contributed by atoms with E-state index in [4.69, 9.17) is 5.10 Å². The number of hydrogen-bond acceptors (Lipinski definition) is 3. The molecule has 2 aliphatic rings. The maximum absolute atomic E-state index is 13.5. The molecule has 1 unspecified atom stereocenters. The molecule has 2 aromatic carbocycles. The van der Waals surface area contributed by atoms with E-state index in [-0.39, 0.29) is 17.8 Å². The van der Waals surface area contributed by atoms with Crippen molar-refractivity contribution < 1.29 is 13.6 Å². The number of nitrogens with one attached hydrogen (secondary N) is 1. The molecule has 170 valence electrons. The number of hydrogen-bond donors (Lipinski definition) is 1. The molecule has 1 fully saturated rings. The molecule has 0 spiro atoms. The van der Waals surface area contributed by atoms with Gasteiger partial charge in [-0.05, 0) is 81.0 Å². The van der Waals surface area contributed by atoms with Crippen LogP contribution in [-0.2, 0) is 19.4 Å². The topological polar surface area (TPSA) is 50.2 Å². The molecule has 1 N–H and O–H groups in total. The van der Waals surface area contributed by atoms with Crippen LogP contribution < -0.4 is 5.32 Å². The van der Waals surface area contributed by atoms with E-state index in [9.17, 15) is 13.6 Å². The number of benzene rings is 1. The Hall–Kier alpha value is -3.24. The molecule has 0 radical (unpaired) electrons. The first-order chi connectivity index (χ1) is 16.1. The maximum Gasteiger partial charge on any atom is 0.274 e. The Labute approximate surface area is 192 Å². The van der Waals surface area contributed by atoms with Crippen LogP contribution in [0.3, 0.4) is 0 Å². The fourth-order valence-electron chi connectivity index (χ4n) is 4.76. The van der Waals surface area contributed by atoms with Gasteiger partial charge < -0.3 is 10.2 Å². The monoisotopic (exact) mass is 448 g/mol. The van der Waals surface area contributed by atoms with Gasteiger partial charge in [0.05, 0.1) is 5.69 Å². The average molecular weight is 449 g/mol. The van der Waals surface area contributed by atoms with Crippen molar-refractivity contribution >= 4 is 5.91 Å². The zero-order chi connectivity index (χ0) is 22.8. The van der Waals surface area contributed by atoms with Crippen molar-refractivity contribution in [1.82, 2.24) is 20.0 Å². The molecule has 1 aliphatic carbocycles. The number of carbonyl (C=O) groups is 1. The second kappa shape index (κ2) is 9.32. The number of nitrogens with zero attached hydrogens (tertiary/aromatic N) is 3. The van der Waals surface area contributed by atoms with Crippen molar-refractivity contribution in [2.75, 3.05) is 13.1 Å². The minimum atomic E-state index is -0.421. The van der Waals surface area contributed by atoms with Gasteiger partial charge in [-0.25, -0.2) is 9.07 Å². The van der Waals surface area contributed by atoms with Gasteiger partial charge in [-0.2, -0.15) is 9.49 Å². The van der Waals surface area contributed by atoms with Crippen LogP contribution in [0.4, 0.5) is 8.78 Å². The van der Waals surface area contributed by atoms with Crippen LogP contribution in [0.25, 0.3) is 5.69 Å². The highest BCUT2D eigenvalue weighted by Gasteiger charge is 2.32. The third-order valence-corrected chi connectivity index (χ3v) is 6.54. The molecule has 0 bridgehead atoms. The summed E-state index contributed by atoms with van der Waals surface area (Å²) in [6.45, 7) is 2.07. The van der Waals surface area contributed by atoms with Crippen LogP contribution in [-0.4, -0.2) is 39.7 Å². The van der Waals surface area contributed by atoms with Crippen molar-refractivity contribution in [2.45, 2.75) is 51.1 Å². The lowest BCUT2D eigenvalue weighted by molar-refractivity contribution is 0.0716. The normalized spacial score (nSPS) is 18.0. The summed E-state index contributed by atoms with van der Waals surface area (Å²) in [4.78, 5) is 15.3. The predicted molar refractivity (Wildman–Crippen MR) is 120 cm³/mol. The number of aromatic nitrogens is 2. The summed E-state index contributed by atoms with van der Waals surface area (Å²) in [5.74, 6) is -0.743. The van der Waals surface area contributed by atoms with E-state index in [0.29, 0.717) is 18.7 Å². The first-order valence-corrected chi connectivity index (χ1v) is 11.6. The first kappa shape index (κ1) is 21.6. The van der Waals surface area contributed by atoms with Crippen molar-refractivity contribution in [3.8, 4) is 5.69 Å². The Morgan fingerprint density at radius 2 is 1.85 bits per heavy atom.